The zero-order valence-corrected chi connectivity index (χ0v) is 12.3. The number of fused-ring (bicyclic) bond motifs is 3. The Balaban J connectivity index is 1.88. The first-order valence-electron chi connectivity index (χ1n) is 7.15. The minimum atomic E-state index is -0.734. The first-order chi connectivity index (χ1) is 9.45. The van der Waals surface area contributed by atoms with Gasteiger partial charge in [-0.2, -0.15) is 0 Å². The Morgan fingerprint density at radius 2 is 1.75 bits per heavy atom. The van der Waals surface area contributed by atoms with Crippen LogP contribution in [0.4, 0.5) is 5.69 Å². The summed E-state index contributed by atoms with van der Waals surface area (Å²) in [5.41, 5.74) is 5.79. The number of benzene rings is 2. The van der Waals surface area contributed by atoms with Crippen molar-refractivity contribution in [2.24, 2.45) is 0 Å². The van der Waals surface area contributed by atoms with Crippen LogP contribution in [0.5, 0.6) is 0 Å². The third kappa shape index (κ3) is 2.32. The molecule has 1 aliphatic rings. The summed E-state index contributed by atoms with van der Waals surface area (Å²) in [4.78, 5) is 0. The van der Waals surface area contributed by atoms with Crippen molar-refractivity contribution in [3.05, 3.63) is 53.6 Å². The fourth-order valence-electron chi connectivity index (χ4n) is 2.66. The molecular formula is C18H21NO. The van der Waals surface area contributed by atoms with E-state index in [1.165, 1.54) is 22.3 Å². The smallest absolute Gasteiger partial charge is 0.0789 e. The van der Waals surface area contributed by atoms with Crippen LogP contribution in [0.25, 0.3) is 11.1 Å². The third-order valence-electron chi connectivity index (χ3n) is 4.24. The number of rotatable bonds is 3. The van der Waals surface area contributed by atoms with E-state index in [0.29, 0.717) is 0 Å². The lowest BCUT2D eigenvalue weighted by molar-refractivity contribution is 0.0649. The lowest BCUT2D eigenvalue weighted by atomic mass is 10.00. The minimum absolute atomic E-state index is 0.00401. The summed E-state index contributed by atoms with van der Waals surface area (Å²) >= 11 is 0. The normalized spacial score (nSPS) is 14.6. The van der Waals surface area contributed by atoms with Crippen LogP contribution < -0.4 is 5.32 Å². The van der Waals surface area contributed by atoms with Crippen LogP contribution >= 0.6 is 0 Å². The number of hydrogen-bond donors (Lipinski definition) is 2. The average molecular weight is 267 g/mol. The fraction of sp³-hybridized carbons (Fsp3) is 0.333. The van der Waals surface area contributed by atoms with Gasteiger partial charge in [0.25, 0.3) is 0 Å². The summed E-state index contributed by atoms with van der Waals surface area (Å²) in [6.45, 7) is 5.66. The monoisotopic (exact) mass is 267 g/mol. The molecule has 0 saturated heterocycles. The molecule has 1 unspecified atom stereocenters. The van der Waals surface area contributed by atoms with E-state index in [9.17, 15) is 5.11 Å². The molecule has 0 spiro atoms. The summed E-state index contributed by atoms with van der Waals surface area (Å²) in [5.74, 6) is 0. The van der Waals surface area contributed by atoms with Crippen LogP contribution in [0.3, 0.4) is 0 Å². The maximum Gasteiger partial charge on any atom is 0.0789 e. The Hall–Kier alpha value is -1.80. The molecule has 1 atom stereocenters. The second-order valence-electron chi connectivity index (χ2n) is 6.23. The molecule has 0 bridgehead atoms. The largest absolute Gasteiger partial charge is 0.388 e. The molecule has 0 aliphatic heterocycles. The molecule has 2 heteroatoms. The van der Waals surface area contributed by atoms with Gasteiger partial charge < -0.3 is 10.4 Å². The first-order valence-corrected chi connectivity index (χ1v) is 7.15. The highest BCUT2D eigenvalue weighted by Gasteiger charge is 2.23. The topological polar surface area (TPSA) is 32.3 Å². The molecular weight excluding hydrogens is 246 g/mol. The van der Waals surface area contributed by atoms with Crippen LogP contribution in [0.1, 0.15) is 31.9 Å². The molecule has 0 aromatic heterocycles. The molecule has 2 N–H and O–H groups in total. The van der Waals surface area contributed by atoms with E-state index in [2.05, 4.69) is 47.8 Å². The summed E-state index contributed by atoms with van der Waals surface area (Å²) in [6, 6.07) is 15.1. The zero-order valence-electron chi connectivity index (χ0n) is 12.3. The molecule has 104 valence electrons. The van der Waals surface area contributed by atoms with Gasteiger partial charge >= 0.3 is 0 Å². The van der Waals surface area contributed by atoms with Gasteiger partial charge in [0.15, 0.2) is 0 Å². The van der Waals surface area contributed by atoms with Crippen LogP contribution in [-0.2, 0) is 6.42 Å². The average Bonchev–Trinajstić information content (AvgIpc) is 2.75. The van der Waals surface area contributed by atoms with Gasteiger partial charge in [-0.3, -0.25) is 0 Å². The highest BCUT2D eigenvalue weighted by Crippen LogP contribution is 2.37. The molecule has 3 rings (SSSR count). The summed E-state index contributed by atoms with van der Waals surface area (Å²) in [5, 5.41) is 13.4. The number of aliphatic hydroxyl groups is 1. The summed E-state index contributed by atoms with van der Waals surface area (Å²) in [7, 11) is 0. The van der Waals surface area contributed by atoms with Gasteiger partial charge in [0.2, 0.25) is 0 Å². The Morgan fingerprint density at radius 3 is 2.50 bits per heavy atom. The molecule has 0 saturated carbocycles. The lowest BCUT2D eigenvalue weighted by Crippen LogP contribution is -2.39. The zero-order chi connectivity index (χ0) is 14.3. The van der Waals surface area contributed by atoms with Gasteiger partial charge in [0, 0.05) is 5.69 Å². The number of nitrogens with one attached hydrogen (secondary N) is 1. The van der Waals surface area contributed by atoms with Gasteiger partial charge in [-0.25, -0.2) is 0 Å². The van der Waals surface area contributed by atoms with Crippen molar-refractivity contribution in [2.75, 3.05) is 5.32 Å². The highest BCUT2D eigenvalue weighted by atomic mass is 16.3. The first kappa shape index (κ1) is 13.2. The van der Waals surface area contributed by atoms with E-state index < -0.39 is 5.60 Å². The summed E-state index contributed by atoms with van der Waals surface area (Å²) < 4.78 is 0. The van der Waals surface area contributed by atoms with Gasteiger partial charge in [0.05, 0.1) is 11.6 Å². The van der Waals surface area contributed by atoms with E-state index in [-0.39, 0.29) is 6.04 Å². The fourth-order valence-corrected chi connectivity index (χ4v) is 2.66. The molecule has 0 radical (unpaired) electrons. The molecule has 0 fully saturated rings. The van der Waals surface area contributed by atoms with Crippen LogP contribution in [-0.4, -0.2) is 16.7 Å². The van der Waals surface area contributed by atoms with Gasteiger partial charge in [0.1, 0.15) is 0 Å². The van der Waals surface area contributed by atoms with Gasteiger partial charge in [-0.1, -0.05) is 30.3 Å². The maximum absolute atomic E-state index is 10.0. The van der Waals surface area contributed by atoms with E-state index >= 15 is 0 Å². The minimum Gasteiger partial charge on any atom is -0.388 e. The second-order valence-corrected chi connectivity index (χ2v) is 6.23. The molecule has 2 aromatic carbocycles. The van der Waals surface area contributed by atoms with Crippen molar-refractivity contribution in [3.8, 4) is 11.1 Å². The van der Waals surface area contributed by atoms with Crippen molar-refractivity contribution in [3.63, 3.8) is 0 Å². The van der Waals surface area contributed by atoms with E-state index in [4.69, 9.17) is 0 Å². The Labute approximate surface area is 120 Å². The standard InChI is InChI=1S/C18H21NO/c1-12(18(2,3)20)19-15-8-9-17-14(11-15)10-13-6-4-5-7-16(13)17/h4-9,11-12,19-20H,10H2,1-3H3. The van der Waals surface area contributed by atoms with E-state index in [1.54, 1.807) is 0 Å². The third-order valence-corrected chi connectivity index (χ3v) is 4.24. The predicted molar refractivity (Wildman–Crippen MR) is 84.1 cm³/mol. The molecule has 0 amide bonds. The molecule has 0 heterocycles. The van der Waals surface area contributed by atoms with Crippen molar-refractivity contribution >= 4 is 5.69 Å². The van der Waals surface area contributed by atoms with E-state index in [1.807, 2.05) is 20.8 Å². The van der Waals surface area contributed by atoms with Crippen LogP contribution in [0.15, 0.2) is 42.5 Å². The highest BCUT2D eigenvalue weighted by molar-refractivity contribution is 5.78. The molecule has 20 heavy (non-hydrogen) atoms. The molecule has 1 aliphatic carbocycles. The van der Waals surface area contributed by atoms with Crippen LogP contribution in [0.2, 0.25) is 0 Å². The SMILES string of the molecule is CC(Nc1ccc2c(c1)Cc1ccccc1-2)C(C)(C)O. The lowest BCUT2D eigenvalue weighted by Gasteiger charge is -2.27. The van der Waals surface area contributed by atoms with Crippen LogP contribution in [0, 0.1) is 0 Å². The second kappa shape index (κ2) is 4.64. The molecule has 2 aromatic rings. The maximum atomic E-state index is 10.0. The van der Waals surface area contributed by atoms with Gasteiger partial charge in [-0.15, -0.1) is 0 Å². The molecule has 2 nitrogen and oxygen atoms in total. The Bertz CT molecular complexity index is 640. The quantitative estimate of drug-likeness (QED) is 0.756. The Morgan fingerprint density at radius 1 is 1.05 bits per heavy atom. The van der Waals surface area contributed by atoms with Crippen molar-refractivity contribution < 1.29 is 5.11 Å². The van der Waals surface area contributed by atoms with Crippen molar-refractivity contribution in [1.29, 1.82) is 0 Å². The van der Waals surface area contributed by atoms with Crippen molar-refractivity contribution in [2.45, 2.75) is 38.8 Å². The predicted octanol–water partition coefficient (Wildman–Crippen LogP) is 3.83. The summed E-state index contributed by atoms with van der Waals surface area (Å²) in [6.07, 6.45) is 0.998. The van der Waals surface area contributed by atoms with E-state index in [0.717, 1.165) is 12.1 Å². The Kier molecular flexibility index (Phi) is 3.06. The van der Waals surface area contributed by atoms with Crippen molar-refractivity contribution in [1.82, 2.24) is 0 Å². The van der Waals surface area contributed by atoms with Gasteiger partial charge in [-0.05, 0) is 61.6 Å². The number of hydrogen-bond acceptors (Lipinski definition) is 2. The number of anilines is 1.